The molecule has 3 nitrogen and oxygen atoms in total. The summed E-state index contributed by atoms with van der Waals surface area (Å²) in [5.41, 5.74) is 0.515. The van der Waals surface area contributed by atoms with Gasteiger partial charge in [0.15, 0.2) is 0 Å². The highest BCUT2D eigenvalue weighted by molar-refractivity contribution is 6.32. The van der Waals surface area contributed by atoms with Gasteiger partial charge in [-0.3, -0.25) is 4.79 Å². The van der Waals surface area contributed by atoms with Gasteiger partial charge in [0.2, 0.25) is 0 Å². The van der Waals surface area contributed by atoms with Crippen LogP contribution >= 0.6 is 11.6 Å². The molecule has 92 valence electrons. The molecular weight excluding hydrogens is 236 g/mol. The predicted molar refractivity (Wildman–Crippen MR) is 68.1 cm³/mol. The summed E-state index contributed by atoms with van der Waals surface area (Å²) in [6, 6.07) is 3.90. The number of nitrogens with zero attached hydrogens (tertiary/aromatic N) is 2. The smallest absolute Gasteiger partial charge is 0.257 e. The van der Waals surface area contributed by atoms with E-state index in [1.165, 1.54) is 0 Å². The van der Waals surface area contributed by atoms with Crippen LogP contribution in [0.4, 0.5) is 0 Å². The first kappa shape index (κ1) is 12.4. The molecule has 0 aromatic carbocycles. The number of hydrogen-bond donors (Lipinski definition) is 0. The summed E-state index contributed by atoms with van der Waals surface area (Å²) in [4.78, 5) is 18.3. The number of hydrogen-bond acceptors (Lipinski definition) is 2. The van der Waals surface area contributed by atoms with Crippen LogP contribution in [0.1, 0.15) is 37.0 Å². The average molecular weight is 253 g/mol. The molecule has 1 aromatic rings. The van der Waals surface area contributed by atoms with Crippen LogP contribution < -0.4 is 0 Å². The molecule has 0 spiro atoms. The summed E-state index contributed by atoms with van der Waals surface area (Å²) < 4.78 is 0. The summed E-state index contributed by atoms with van der Waals surface area (Å²) >= 11 is 5.97. The highest BCUT2D eigenvalue weighted by Crippen LogP contribution is 2.29. The Hall–Kier alpha value is -1.09. The molecule has 0 atom stereocenters. The van der Waals surface area contributed by atoms with Crippen molar-refractivity contribution in [1.82, 2.24) is 9.88 Å². The van der Waals surface area contributed by atoms with E-state index < -0.39 is 0 Å². The lowest BCUT2D eigenvalue weighted by Crippen LogP contribution is -2.36. The molecule has 1 aromatic heterocycles. The molecular formula is C13H17ClN2O. The maximum Gasteiger partial charge on any atom is 0.257 e. The first-order valence-electron chi connectivity index (χ1n) is 6.01. The first-order valence-corrected chi connectivity index (χ1v) is 6.39. The van der Waals surface area contributed by atoms with Gasteiger partial charge in [-0.05, 0) is 30.9 Å². The largest absolute Gasteiger partial charge is 0.335 e. The van der Waals surface area contributed by atoms with Gasteiger partial charge in [0.25, 0.3) is 5.91 Å². The van der Waals surface area contributed by atoms with E-state index in [-0.39, 0.29) is 5.91 Å². The summed E-state index contributed by atoms with van der Waals surface area (Å²) in [5.74, 6) is 0.481. The lowest BCUT2D eigenvalue weighted by molar-refractivity contribution is 0.0722. The molecule has 1 amide bonds. The Balaban J connectivity index is 2.19. The number of amides is 1. The van der Waals surface area contributed by atoms with Gasteiger partial charge in [0, 0.05) is 18.8 Å². The molecule has 1 aliphatic carbocycles. The molecule has 1 fully saturated rings. The predicted octanol–water partition coefficient (Wildman–Crippen LogP) is 3.00. The topological polar surface area (TPSA) is 33.2 Å². The van der Waals surface area contributed by atoms with Gasteiger partial charge in [-0.25, -0.2) is 4.98 Å². The van der Waals surface area contributed by atoms with E-state index in [1.54, 1.807) is 18.3 Å². The minimum atomic E-state index is 0.0132. The van der Waals surface area contributed by atoms with Crippen LogP contribution in [0.2, 0.25) is 5.15 Å². The Morgan fingerprint density at radius 2 is 2.29 bits per heavy atom. The van der Waals surface area contributed by atoms with Crippen molar-refractivity contribution < 1.29 is 4.79 Å². The lowest BCUT2D eigenvalue weighted by atomic mass is 10.1. The molecule has 1 heterocycles. The van der Waals surface area contributed by atoms with Crippen molar-refractivity contribution in [3.8, 4) is 0 Å². The second-order valence-corrected chi connectivity index (χ2v) is 5.28. The molecule has 0 saturated heterocycles. The quantitative estimate of drug-likeness (QED) is 0.772. The monoisotopic (exact) mass is 252 g/mol. The summed E-state index contributed by atoms with van der Waals surface area (Å²) in [5, 5.41) is 0.298. The van der Waals surface area contributed by atoms with Gasteiger partial charge >= 0.3 is 0 Å². The molecule has 4 heteroatoms. The molecule has 1 aliphatic rings. The van der Waals surface area contributed by atoms with E-state index in [9.17, 15) is 4.79 Å². The van der Waals surface area contributed by atoms with Crippen LogP contribution in [-0.2, 0) is 0 Å². The zero-order chi connectivity index (χ0) is 12.4. The van der Waals surface area contributed by atoms with Crippen molar-refractivity contribution >= 4 is 17.5 Å². The van der Waals surface area contributed by atoms with Gasteiger partial charge in [-0.2, -0.15) is 0 Å². The fourth-order valence-corrected chi connectivity index (χ4v) is 2.08. The van der Waals surface area contributed by atoms with Crippen LogP contribution in [-0.4, -0.2) is 28.4 Å². The summed E-state index contributed by atoms with van der Waals surface area (Å²) in [6.45, 7) is 5.02. The van der Waals surface area contributed by atoms with Crippen LogP contribution in [0.25, 0.3) is 0 Å². The van der Waals surface area contributed by atoms with E-state index in [2.05, 4.69) is 18.8 Å². The number of halogens is 1. The van der Waals surface area contributed by atoms with Crippen LogP contribution in [0, 0.1) is 5.92 Å². The second-order valence-electron chi connectivity index (χ2n) is 4.92. The van der Waals surface area contributed by atoms with E-state index >= 15 is 0 Å². The molecule has 1 saturated carbocycles. The SMILES string of the molecule is CC(C)CN(C(=O)c1cccnc1Cl)C1CC1. The number of carbonyl (C=O) groups is 1. The normalized spacial score (nSPS) is 15.1. The number of carbonyl (C=O) groups excluding carboxylic acids is 1. The van der Waals surface area contributed by atoms with Gasteiger partial charge in [0.1, 0.15) is 5.15 Å². The Bertz CT molecular complexity index is 416. The van der Waals surface area contributed by atoms with Gasteiger partial charge in [-0.15, -0.1) is 0 Å². The van der Waals surface area contributed by atoms with E-state index in [4.69, 9.17) is 11.6 Å². The Morgan fingerprint density at radius 3 is 2.82 bits per heavy atom. The zero-order valence-electron chi connectivity index (χ0n) is 10.2. The van der Waals surface area contributed by atoms with E-state index in [1.807, 2.05) is 4.90 Å². The number of rotatable bonds is 4. The molecule has 0 bridgehead atoms. The molecule has 0 aliphatic heterocycles. The van der Waals surface area contributed by atoms with E-state index in [0.29, 0.717) is 22.7 Å². The number of pyridine rings is 1. The van der Waals surface area contributed by atoms with Crippen LogP contribution in [0.15, 0.2) is 18.3 Å². The standard InChI is InChI=1S/C13H17ClN2O/c1-9(2)8-16(10-5-6-10)13(17)11-4-3-7-15-12(11)14/h3-4,7,9-10H,5-6,8H2,1-2H3. The van der Waals surface area contributed by atoms with Gasteiger partial charge < -0.3 is 4.90 Å². The van der Waals surface area contributed by atoms with Crippen molar-refractivity contribution in [3.63, 3.8) is 0 Å². The average Bonchev–Trinajstić information content (AvgIpc) is 3.09. The Kier molecular flexibility index (Phi) is 3.67. The molecule has 0 radical (unpaired) electrons. The first-order chi connectivity index (χ1) is 8.09. The minimum Gasteiger partial charge on any atom is -0.335 e. The summed E-state index contributed by atoms with van der Waals surface area (Å²) in [6.07, 6.45) is 3.82. The maximum absolute atomic E-state index is 12.4. The second kappa shape index (κ2) is 5.05. The lowest BCUT2D eigenvalue weighted by Gasteiger charge is -2.24. The van der Waals surface area contributed by atoms with Crippen molar-refractivity contribution in [2.75, 3.05) is 6.54 Å². The summed E-state index contributed by atoms with van der Waals surface area (Å²) in [7, 11) is 0. The highest BCUT2D eigenvalue weighted by Gasteiger charge is 2.34. The number of aromatic nitrogens is 1. The Labute approximate surface area is 107 Å². The van der Waals surface area contributed by atoms with E-state index in [0.717, 1.165) is 19.4 Å². The maximum atomic E-state index is 12.4. The molecule has 2 rings (SSSR count). The van der Waals surface area contributed by atoms with Crippen molar-refractivity contribution in [1.29, 1.82) is 0 Å². The molecule has 0 unspecified atom stereocenters. The highest BCUT2D eigenvalue weighted by atomic mass is 35.5. The van der Waals surface area contributed by atoms with Crippen molar-refractivity contribution in [2.24, 2.45) is 5.92 Å². The van der Waals surface area contributed by atoms with Crippen molar-refractivity contribution in [2.45, 2.75) is 32.7 Å². The third-order valence-corrected chi connectivity index (χ3v) is 3.10. The van der Waals surface area contributed by atoms with Gasteiger partial charge in [-0.1, -0.05) is 25.4 Å². The third kappa shape index (κ3) is 2.97. The fourth-order valence-electron chi connectivity index (χ4n) is 1.88. The van der Waals surface area contributed by atoms with Crippen LogP contribution in [0.3, 0.4) is 0 Å². The molecule has 0 N–H and O–H groups in total. The van der Waals surface area contributed by atoms with Gasteiger partial charge in [0.05, 0.1) is 5.56 Å². The fraction of sp³-hybridized carbons (Fsp3) is 0.538. The van der Waals surface area contributed by atoms with Crippen molar-refractivity contribution in [3.05, 3.63) is 29.0 Å². The minimum absolute atomic E-state index is 0.0132. The van der Waals surface area contributed by atoms with Crippen LogP contribution in [0.5, 0.6) is 0 Å². The Morgan fingerprint density at radius 1 is 1.59 bits per heavy atom. The molecule has 17 heavy (non-hydrogen) atoms. The third-order valence-electron chi connectivity index (χ3n) is 2.80. The zero-order valence-corrected chi connectivity index (χ0v) is 10.9.